The topological polar surface area (TPSA) is 87.3 Å². The van der Waals surface area contributed by atoms with Gasteiger partial charge in [0.05, 0.1) is 15.7 Å². The number of benzene rings is 6. The van der Waals surface area contributed by atoms with Crippen molar-refractivity contribution in [3.63, 3.8) is 0 Å². The molecule has 252 valence electrons. The van der Waals surface area contributed by atoms with E-state index < -0.39 is 17.1 Å². The lowest BCUT2D eigenvalue weighted by molar-refractivity contribution is -0.116. The maximum absolute atomic E-state index is 13.7. The van der Waals surface area contributed by atoms with Gasteiger partial charge in [0.1, 0.15) is 10.9 Å². The van der Waals surface area contributed by atoms with Gasteiger partial charge in [-0.05, 0) is 76.9 Å². The third kappa shape index (κ3) is 9.35. The zero-order chi connectivity index (χ0) is 35.6. The van der Waals surface area contributed by atoms with E-state index in [0.29, 0.717) is 22.0 Å². The number of hydrogen-bond donors (Lipinski definition) is 3. The number of amides is 3. The first-order valence-electron chi connectivity index (χ1n) is 16.0. The van der Waals surface area contributed by atoms with E-state index in [1.807, 2.05) is 103 Å². The zero-order valence-electron chi connectivity index (χ0n) is 27.1. The molecule has 0 spiro atoms. The quantitative estimate of drug-likeness (QED) is 0.0916. The molecule has 0 saturated heterocycles. The number of anilines is 2. The molecule has 0 aliphatic rings. The van der Waals surface area contributed by atoms with Crippen LogP contribution in [0.5, 0.6) is 0 Å². The smallest absolute Gasteiger partial charge is 0.272 e. The summed E-state index contributed by atoms with van der Waals surface area (Å²) in [5, 5.41) is 8.58. The van der Waals surface area contributed by atoms with Crippen LogP contribution in [0.15, 0.2) is 168 Å². The minimum absolute atomic E-state index is 0.0789. The first-order chi connectivity index (χ1) is 24.8. The second kappa shape index (κ2) is 16.9. The summed E-state index contributed by atoms with van der Waals surface area (Å²) in [5.41, 5.74) is 5.08. The molecule has 0 aliphatic heterocycles. The Morgan fingerprint density at radius 1 is 0.608 bits per heavy atom. The average Bonchev–Trinajstić information content (AvgIpc) is 3.17. The van der Waals surface area contributed by atoms with Gasteiger partial charge in [0.25, 0.3) is 11.8 Å². The van der Waals surface area contributed by atoms with Gasteiger partial charge in [-0.15, -0.1) is 11.8 Å². The number of nitrogens with one attached hydrogen (secondary N) is 3. The molecule has 51 heavy (non-hydrogen) atoms. The third-order valence-electron chi connectivity index (χ3n) is 7.77. The van der Waals surface area contributed by atoms with E-state index in [-0.39, 0.29) is 16.6 Å². The van der Waals surface area contributed by atoms with Crippen molar-refractivity contribution in [2.45, 2.75) is 10.1 Å². The SMILES string of the molecule is O=C(Nc1ccc(SC(C(=O)Nc2cccc(Cl)c2Cl)c2ccccc2)cc1)/C(=C/c1ccc(-c2ccccc2)cc1)NC(=O)c1ccccc1. The minimum atomic E-state index is -0.613. The summed E-state index contributed by atoms with van der Waals surface area (Å²) < 4.78 is 0. The summed E-state index contributed by atoms with van der Waals surface area (Å²) in [7, 11) is 0. The van der Waals surface area contributed by atoms with Crippen LogP contribution in [0.2, 0.25) is 10.0 Å². The maximum atomic E-state index is 13.7. The molecule has 0 radical (unpaired) electrons. The fourth-order valence-corrected chi connectivity index (χ4v) is 6.53. The number of carbonyl (C=O) groups is 3. The van der Waals surface area contributed by atoms with Crippen LogP contribution < -0.4 is 16.0 Å². The van der Waals surface area contributed by atoms with Gasteiger partial charge >= 0.3 is 0 Å². The van der Waals surface area contributed by atoms with Crippen molar-refractivity contribution in [3.05, 3.63) is 190 Å². The van der Waals surface area contributed by atoms with Crippen molar-refractivity contribution in [1.29, 1.82) is 0 Å². The summed E-state index contributed by atoms with van der Waals surface area (Å²) in [6.07, 6.45) is 1.64. The minimum Gasteiger partial charge on any atom is -0.323 e. The molecule has 3 amide bonds. The van der Waals surface area contributed by atoms with Crippen molar-refractivity contribution >= 4 is 70.1 Å². The highest BCUT2D eigenvalue weighted by Crippen LogP contribution is 2.38. The van der Waals surface area contributed by atoms with Crippen molar-refractivity contribution in [1.82, 2.24) is 5.32 Å². The molecule has 9 heteroatoms. The predicted molar refractivity (Wildman–Crippen MR) is 209 cm³/mol. The van der Waals surface area contributed by atoms with E-state index in [9.17, 15) is 14.4 Å². The van der Waals surface area contributed by atoms with Crippen molar-refractivity contribution in [3.8, 4) is 11.1 Å². The molecular weight excluding hydrogens is 697 g/mol. The van der Waals surface area contributed by atoms with E-state index in [0.717, 1.165) is 27.1 Å². The normalized spacial score (nSPS) is 11.7. The number of thioether (sulfide) groups is 1. The fraction of sp³-hybridized carbons (Fsp3) is 0.0238. The van der Waals surface area contributed by atoms with Gasteiger partial charge in [-0.25, -0.2) is 0 Å². The Labute approximate surface area is 310 Å². The Balaban J connectivity index is 1.20. The van der Waals surface area contributed by atoms with E-state index in [1.54, 1.807) is 60.7 Å². The highest BCUT2D eigenvalue weighted by molar-refractivity contribution is 8.00. The lowest BCUT2D eigenvalue weighted by Crippen LogP contribution is -2.30. The number of carbonyl (C=O) groups excluding carboxylic acids is 3. The van der Waals surface area contributed by atoms with Gasteiger partial charge in [-0.3, -0.25) is 14.4 Å². The number of hydrogen-bond acceptors (Lipinski definition) is 4. The number of halogens is 2. The van der Waals surface area contributed by atoms with Gasteiger partial charge in [0.15, 0.2) is 0 Å². The molecule has 6 rings (SSSR count). The standard InChI is InChI=1S/C42H31Cl2N3O3S/c43-35-17-10-18-36(38(35)44)46-42(50)39(31-13-6-2-7-14-31)51-34-25-23-33(24-26-34)45-41(49)37(47-40(48)32-15-8-3-9-16-32)27-28-19-21-30(22-20-28)29-11-4-1-5-12-29/h1-27,39H,(H,45,49)(H,46,50)(H,47,48)/b37-27-. The Kier molecular flexibility index (Phi) is 11.7. The fourth-order valence-electron chi connectivity index (χ4n) is 5.16. The molecule has 6 aromatic rings. The summed E-state index contributed by atoms with van der Waals surface area (Å²) in [6, 6.07) is 48.1. The lowest BCUT2D eigenvalue weighted by atomic mass is 10.0. The van der Waals surface area contributed by atoms with Gasteiger partial charge in [-0.1, -0.05) is 132 Å². The first-order valence-corrected chi connectivity index (χ1v) is 17.6. The summed E-state index contributed by atoms with van der Waals surface area (Å²) >= 11 is 13.9. The molecule has 0 bridgehead atoms. The highest BCUT2D eigenvalue weighted by Gasteiger charge is 2.23. The molecule has 0 fully saturated rings. The van der Waals surface area contributed by atoms with Gasteiger partial charge in [0, 0.05) is 16.1 Å². The van der Waals surface area contributed by atoms with E-state index in [4.69, 9.17) is 23.2 Å². The van der Waals surface area contributed by atoms with Crippen LogP contribution in [0.1, 0.15) is 26.7 Å². The van der Waals surface area contributed by atoms with Crippen LogP contribution in [-0.2, 0) is 9.59 Å². The van der Waals surface area contributed by atoms with Crippen LogP contribution in [0, 0.1) is 0 Å². The highest BCUT2D eigenvalue weighted by atomic mass is 35.5. The second-order valence-corrected chi connectivity index (χ2v) is 13.3. The Bertz CT molecular complexity index is 2160. The molecule has 3 N–H and O–H groups in total. The van der Waals surface area contributed by atoms with E-state index in [2.05, 4.69) is 16.0 Å². The van der Waals surface area contributed by atoms with Gasteiger partial charge in [-0.2, -0.15) is 0 Å². The molecule has 0 aromatic heterocycles. The second-order valence-electron chi connectivity index (χ2n) is 11.3. The molecule has 0 saturated carbocycles. The molecular formula is C42H31Cl2N3O3S. The molecule has 6 aromatic carbocycles. The Morgan fingerprint density at radius 2 is 1.22 bits per heavy atom. The first kappa shape index (κ1) is 35.2. The average molecular weight is 729 g/mol. The monoisotopic (exact) mass is 727 g/mol. The van der Waals surface area contributed by atoms with Gasteiger partial charge < -0.3 is 16.0 Å². The van der Waals surface area contributed by atoms with Crippen LogP contribution in [0.25, 0.3) is 17.2 Å². The van der Waals surface area contributed by atoms with Gasteiger partial charge in [0.2, 0.25) is 5.91 Å². The predicted octanol–water partition coefficient (Wildman–Crippen LogP) is 10.5. The van der Waals surface area contributed by atoms with Crippen LogP contribution in [-0.4, -0.2) is 17.7 Å². The molecule has 0 heterocycles. The van der Waals surface area contributed by atoms with E-state index >= 15 is 0 Å². The van der Waals surface area contributed by atoms with Crippen LogP contribution in [0.3, 0.4) is 0 Å². The largest absolute Gasteiger partial charge is 0.323 e. The zero-order valence-corrected chi connectivity index (χ0v) is 29.4. The van der Waals surface area contributed by atoms with Crippen LogP contribution in [0.4, 0.5) is 11.4 Å². The Hall–Kier alpha value is -5.60. The lowest BCUT2D eigenvalue weighted by Gasteiger charge is -2.18. The summed E-state index contributed by atoms with van der Waals surface area (Å²) in [6.45, 7) is 0. The molecule has 1 atom stereocenters. The van der Waals surface area contributed by atoms with Crippen LogP contribution >= 0.6 is 35.0 Å². The summed E-state index contributed by atoms with van der Waals surface area (Å²) in [5.74, 6) is -1.17. The van der Waals surface area contributed by atoms with E-state index in [1.165, 1.54) is 11.8 Å². The molecule has 6 nitrogen and oxygen atoms in total. The molecule has 1 unspecified atom stereocenters. The van der Waals surface area contributed by atoms with Crippen molar-refractivity contribution < 1.29 is 14.4 Å². The molecule has 0 aliphatic carbocycles. The maximum Gasteiger partial charge on any atom is 0.272 e. The van der Waals surface area contributed by atoms with Crippen molar-refractivity contribution in [2.24, 2.45) is 0 Å². The van der Waals surface area contributed by atoms with Crippen molar-refractivity contribution in [2.75, 3.05) is 10.6 Å². The Morgan fingerprint density at radius 3 is 1.88 bits per heavy atom. The third-order valence-corrected chi connectivity index (χ3v) is 9.86. The number of rotatable bonds is 11. The summed E-state index contributed by atoms with van der Waals surface area (Å²) in [4.78, 5) is 41.2.